The Bertz CT molecular complexity index is 1440. The highest BCUT2D eigenvalue weighted by molar-refractivity contribution is 5.88. The summed E-state index contributed by atoms with van der Waals surface area (Å²) < 4.78 is 18.4. The van der Waals surface area contributed by atoms with Crippen LogP contribution in [0, 0.1) is 5.92 Å². The average molecular weight is 882 g/mol. The van der Waals surface area contributed by atoms with E-state index >= 15 is 0 Å². The van der Waals surface area contributed by atoms with Crippen molar-refractivity contribution in [3.8, 4) is 0 Å². The number of hydrogen-bond donors (Lipinski definition) is 5. The van der Waals surface area contributed by atoms with Gasteiger partial charge in [-0.15, -0.1) is 0 Å². The van der Waals surface area contributed by atoms with Gasteiger partial charge in [-0.2, -0.15) is 0 Å². The van der Waals surface area contributed by atoms with E-state index in [2.05, 4.69) is 26.1 Å². The van der Waals surface area contributed by atoms with Gasteiger partial charge in [0.1, 0.15) is 24.4 Å². The molecule has 5 N–H and O–H groups in total. The van der Waals surface area contributed by atoms with Gasteiger partial charge in [0.05, 0.1) is 38.4 Å². The minimum Gasteiger partial charge on any atom is -0.394 e. The molecule has 0 spiro atoms. The Labute approximate surface area is 381 Å². The van der Waals surface area contributed by atoms with Crippen molar-refractivity contribution in [2.45, 2.75) is 237 Å². The van der Waals surface area contributed by atoms with Gasteiger partial charge in [0, 0.05) is 6.42 Å². The average Bonchev–Trinajstić information content (AvgIpc) is 3.28. The maximum atomic E-state index is 14.3. The molecule has 0 bridgehead atoms. The molecule has 1 aliphatic rings. The first-order valence-electron chi connectivity index (χ1n) is 25.1. The van der Waals surface area contributed by atoms with Crippen LogP contribution in [0.1, 0.15) is 192 Å². The third-order valence-corrected chi connectivity index (χ3v) is 12.6. The highest BCUT2D eigenvalue weighted by Crippen LogP contribution is 2.32. The molecule has 0 unspecified atom stereocenters. The normalized spacial score (nSPS) is 21.1. The lowest BCUT2D eigenvalue weighted by molar-refractivity contribution is -0.302. The predicted octanol–water partition coefficient (Wildman–Crippen LogP) is 10.4. The minimum atomic E-state index is -2.73. The Kier molecular flexibility index (Phi) is 28.5. The first-order chi connectivity index (χ1) is 30.6. The van der Waals surface area contributed by atoms with E-state index in [0.29, 0.717) is 19.4 Å². The summed E-state index contributed by atoms with van der Waals surface area (Å²) in [7, 11) is 0. The van der Waals surface area contributed by atoms with Gasteiger partial charge >= 0.3 is 0 Å². The molecule has 1 saturated heterocycles. The van der Waals surface area contributed by atoms with Crippen LogP contribution in [0.3, 0.4) is 0 Å². The van der Waals surface area contributed by atoms with Crippen LogP contribution in [0.2, 0.25) is 0 Å². The molecular weight excluding hydrogens is 795 g/mol. The third kappa shape index (κ3) is 22.4. The highest BCUT2D eigenvalue weighted by Gasteiger charge is 2.58. The van der Waals surface area contributed by atoms with Crippen LogP contribution in [0.15, 0.2) is 60.7 Å². The molecule has 2 aromatic rings. The largest absolute Gasteiger partial charge is 0.394 e. The number of nitrogens with one attached hydrogen (secondary N) is 1. The molecule has 0 radical (unpaired) electrons. The highest BCUT2D eigenvalue weighted by atomic mass is 16.7. The zero-order chi connectivity index (χ0) is 45.5. The van der Waals surface area contributed by atoms with Crippen LogP contribution in [0.25, 0.3) is 0 Å². The molecule has 0 aromatic heterocycles. The number of carbonyl (C=O) groups is 2. The van der Waals surface area contributed by atoms with Gasteiger partial charge in [-0.25, -0.2) is 0 Å². The second kappa shape index (κ2) is 32.9. The summed E-state index contributed by atoms with van der Waals surface area (Å²) in [6.07, 6.45) is 19.8. The monoisotopic (exact) mass is 882 g/mol. The number of ether oxygens (including phenoxy) is 3. The van der Waals surface area contributed by atoms with Crippen molar-refractivity contribution in [1.82, 2.24) is 5.32 Å². The second-order valence-electron chi connectivity index (χ2n) is 18.7. The number of carbonyl (C=O) groups excluding carboxylic acids is 2. The molecule has 0 saturated carbocycles. The molecule has 7 atom stereocenters. The molecule has 10 nitrogen and oxygen atoms in total. The van der Waals surface area contributed by atoms with Crippen molar-refractivity contribution in [2.24, 2.45) is 5.92 Å². The summed E-state index contributed by atoms with van der Waals surface area (Å²) in [5.74, 6) is -3.32. The summed E-state index contributed by atoms with van der Waals surface area (Å²) >= 11 is 0. The van der Waals surface area contributed by atoms with E-state index in [-0.39, 0.29) is 19.4 Å². The Hall–Kier alpha value is -2.70. The minimum absolute atomic E-state index is 0.0854. The molecule has 1 aliphatic heterocycles. The van der Waals surface area contributed by atoms with Crippen LogP contribution in [-0.2, 0) is 37.0 Å². The smallest absolute Gasteiger partial charge is 0.250 e. The zero-order valence-corrected chi connectivity index (χ0v) is 39.4. The number of aliphatic hydroxyl groups is 4. The lowest BCUT2D eigenvalue weighted by atomic mass is 9.85. The Morgan fingerprint density at radius 3 is 1.46 bits per heavy atom. The Morgan fingerprint density at radius 1 is 0.619 bits per heavy atom. The Balaban J connectivity index is 1.63. The summed E-state index contributed by atoms with van der Waals surface area (Å²) in [6, 6.07) is 17.7. The van der Waals surface area contributed by atoms with Crippen LogP contribution in [0.5, 0.6) is 0 Å². The van der Waals surface area contributed by atoms with E-state index in [1.807, 2.05) is 60.7 Å². The van der Waals surface area contributed by atoms with Crippen LogP contribution < -0.4 is 5.32 Å². The number of amides is 1. The molecule has 1 amide bonds. The van der Waals surface area contributed by atoms with Crippen molar-refractivity contribution in [2.75, 3.05) is 6.61 Å². The van der Waals surface area contributed by atoms with Gasteiger partial charge in [0.2, 0.25) is 5.91 Å². The molecule has 1 fully saturated rings. The van der Waals surface area contributed by atoms with Crippen LogP contribution in [0.4, 0.5) is 0 Å². The predicted molar refractivity (Wildman–Crippen MR) is 252 cm³/mol. The number of ketones is 1. The standard InChI is InChI=1S/C53H87NO9/c1-4-5-6-7-8-9-10-13-16-19-28-35-45(61-40-43-31-24-21-25-32-43)37-48(56)53(60)52(51(59)50(58)47(39-55)63-53)54-49(57)38-46(62-41-44-33-26-22-27-34-44)36-29-20-17-14-11-12-15-18-23-30-42(2)3/h21-22,24-27,31-34,42,45-47,50-52,55,58-60H,4-20,23,28-30,35-41H2,1-3H3,(H,54,57)/t45-,46-,47-,50-,51+,52-,53+/m1/s1. The van der Waals surface area contributed by atoms with Crippen molar-refractivity contribution in [1.29, 1.82) is 0 Å². The number of Topliss-reactive ketones (excluding diaryl/α,β-unsaturated/α-hetero) is 1. The topological polar surface area (TPSA) is 155 Å². The lowest BCUT2D eigenvalue weighted by Crippen LogP contribution is -2.73. The maximum Gasteiger partial charge on any atom is 0.250 e. The third-order valence-electron chi connectivity index (χ3n) is 12.6. The fourth-order valence-electron chi connectivity index (χ4n) is 8.65. The van der Waals surface area contributed by atoms with Crippen molar-refractivity contribution < 1.29 is 44.2 Å². The van der Waals surface area contributed by atoms with Crippen molar-refractivity contribution in [3.63, 3.8) is 0 Å². The van der Waals surface area contributed by atoms with E-state index in [4.69, 9.17) is 14.2 Å². The van der Waals surface area contributed by atoms with E-state index in [9.17, 15) is 30.0 Å². The fourth-order valence-corrected chi connectivity index (χ4v) is 8.65. The molecule has 63 heavy (non-hydrogen) atoms. The van der Waals surface area contributed by atoms with Crippen LogP contribution >= 0.6 is 0 Å². The van der Waals surface area contributed by atoms with Crippen LogP contribution in [-0.4, -0.2) is 81.1 Å². The zero-order valence-electron chi connectivity index (χ0n) is 39.4. The molecular formula is C53H87NO9. The molecule has 10 heteroatoms. The number of benzene rings is 2. The van der Waals surface area contributed by atoms with Gasteiger partial charge in [-0.3, -0.25) is 9.59 Å². The van der Waals surface area contributed by atoms with E-state index < -0.39 is 60.6 Å². The Morgan fingerprint density at radius 2 is 1.03 bits per heavy atom. The lowest BCUT2D eigenvalue weighted by Gasteiger charge is -2.47. The first kappa shape index (κ1) is 54.6. The fraction of sp³-hybridized carbons (Fsp3) is 0.736. The number of aliphatic hydroxyl groups excluding tert-OH is 3. The van der Waals surface area contributed by atoms with Gasteiger partial charge < -0.3 is 40.0 Å². The molecule has 3 rings (SSSR count). The molecule has 2 aromatic carbocycles. The summed E-state index contributed by atoms with van der Waals surface area (Å²) in [5.41, 5.74) is 1.92. The van der Waals surface area contributed by atoms with E-state index in [1.165, 1.54) is 89.9 Å². The quantitative estimate of drug-likeness (QED) is 0.0417. The summed E-state index contributed by atoms with van der Waals surface area (Å²) in [4.78, 5) is 28.1. The van der Waals surface area contributed by atoms with Crippen molar-refractivity contribution >= 4 is 11.7 Å². The summed E-state index contributed by atoms with van der Waals surface area (Å²) in [5, 5.41) is 47.1. The maximum absolute atomic E-state index is 14.3. The van der Waals surface area contributed by atoms with E-state index in [1.54, 1.807) is 0 Å². The summed E-state index contributed by atoms with van der Waals surface area (Å²) in [6.45, 7) is 6.62. The molecule has 358 valence electrons. The van der Waals surface area contributed by atoms with Crippen molar-refractivity contribution in [3.05, 3.63) is 71.8 Å². The SMILES string of the molecule is CCCCCCCCCCCCC[C@H](CC(=O)[C@]1(O)O[C@H](CO)[C@@H](O)[C@H](O)[C@H]1NC(=O)C[C@@H](CCCCCCCCCCCC(C)C)OCc1ccccc1)OCc1ccccc1. The number of unbranched alkanes of at least 4 members (excludes halogenated alkanes) is 18. The number of hydrogen-bond acceptors (Lipinski definition) is 9. The molecule has 0 aliphatic carbocycles. The second-order valence-corrected chi connectivity index (χ2v) is 18.7. The van der Waals surface area contributed by atoms with Gasteiger partial charge in [-0.1, -0.05) is 216 Å². The van der Waals surface area contributed by atoms with E-state index in [0.717, 1.165) is 62.0 Å². The first-order valence-corrected chi connectivity index (χ1v) is 25.1. The van der Waals surface area contributed by atoms with Gasteiger partial charge in [-0.05, 0) is 29.9 Å². The van der Waals surface area contributed by atoms with Gasteiger partial charge in [0.25, 0.3) is 5.79 Å². The van der Waals surface area contributed by atoms with Gasteiger partial charge in [0.15, 0.2) is 5.78 Å². The number of rotatable bonds is 37. The molecule has 1 heterocycles.